The van der Waals surface area contributed by atoms with Crippen LogP contribution in [0.5, 0.6) is 5.75 Å². The van der Waals surface area contributed by atoms with Crippen LogP contribution in [0.1, 0.15) is 31.1 Å². The summed E-state index contributed by atoms with van der Waals surface area (Å²) in [7, 11) is 0. The van der Waals surface area contributed by atoms with E-state index in [1.807, 2.05) is 0 Å². The number of benzene rings is 3. The Morgan fingerprint density at radius 2 is 1.39 bits per heavy atom. The summed E-state index contributed by atoms with van der Waals surface area (Å²) in [4.78, 5) is 38.2. The zero-order valence-electron chi connectivity index (χ0n) is 14.6. The van der Waals surface area contributed by atoms with Gasteiger partial charge in [0.25, 0.3) is 11.8 Å². The first-order valence-corrected chi connectivity index (χ1v) is 8.54. The van der Waals surface area contributed by atoms with Crippen molar-refractivity contribution in [2.24, 2.45) is 0 Å². The molecule has 0 atom stereocenters. The van der Waals surface area contributed by atoms with Gasteiger partial charge in [-0.15, -0.1) is 0 Å². The van der Waals surface area contributed by atoms with Gasteiger partial charge in [0.05, 0.1) is 16.8 Å². The van der Waals surface area contributed by atoms with E-state index < -0.39 is 5.82 Å². The summed E-state index contributed by atoms with van der Waals surface area (Å²) >= 11 is 0. The monoisotopic (exact) mass is 375 g/mol. The zero-order valence-corrected chi connectivity index (χ0v) is 14.6. The van der Waals surface area contributed by atoms with Crippen molar-refractivity contribution in [2.75, 3.05) is 11.5 Å². The highest BCUT2D eigenvalue weighted by Gasteiger charge is 2.36. The Morgan fingerprint density at radius 3 is 1.96 bits per heavy atom. The van der Waals surface area contributed by atoms with Crippen LogP contribution in [-0.4, -0.2) is 24.2 Å². The first-order chi connectivity index (χ1) is 13.5. The molecule has 4 rings (SSSR count). The lowest BCUT2D eigenvalue weighted by Crippen LogP contribution is -2.29. The number of anilines is 1. The molecule has 3 aromatic rings. The van der Waals surface area contributed by atoms with Crippen LogP contribution >= 0.6 is 0 Å². The maximum Gasteiger partial charge on any atom is 0.266 e. The maximum atomic E-state index is 12.9. The normalized spacial score (nSPS) is 12.8. The van der Waals surface area contributed by atoms with Crippen molar-refractivity contribution in [3.8, 4) is 5.75 Å². The van der Waals surface area contributed by atoms with E-state index >= 15 is 0 Å². The minimum Gasteiger partial charge on any atom is -0.485 e. The molecule has 0 aliphatic carbocycles. The lowest BCUT2D eigenvalue weighted by molar-refractivity contribution is 0.0915. The molecule has 0 unspecified atom stereocenters. The molecule has 0 fully saturated rings. The Kier molecular flexibility index (Phi) is 4.45. The number of halogens is 1. The molecule has 0 saturated heterocycles. The SMILES string of the molecule is O=C(COc1ccc(N2C(=O)c3ccccc3C2=O)cc1)c1ccc(F)cc1. The Hall–Kier alpha value is -3.80. The average Bonchev–Trinajstić information content (AvgIpc) is 2.98. The van der Waals surface area contributed by atoms with Crippen molar-refractivity contribution in [3.05, 3.63) is 95.3 Å². The molecule has 138 valence electrons. The number of rotatable bonds is 5. The van der Waals surface area contributed by atoms with E-state index in [-0.39, 0.29) is 24.2 Å². The predicted octanol–water partition coefficient (Wildman–Crippen LogP) is 3.89. The highest BCUT2D eigenvalue weighted by atomic mass is 19.1. The van der Waals surface area contributed by atoms with Gasteiger partial charge in [0.1, 0.15) is 11.6 Å². The minimum atomic E-state index is -0.416. The van der Waals surface area contributed by atoms with Gasteiger partial charge in [-0.2, -0.15) is 0 Å². The van der Waals surface area contributed by atoms with E-state index in [0.29, 0.717) is 28.1 Å². The van der Waals surface area contributed by atoms with Crippen molar-refractivity contribution >= 4 is 23.3 Å². The largest absolute Gasteiger partial charge is 0.485 e. The molecule has 1 aliphatic heterocycles. The van der Waals surface area contributed by atoms with E-state index in [1.54, 1.807) is 48.5 Å². The number of fused-ring (bicyclic) bond motifs is 1. The number of Topliss-reactive ketones (excluding diaryl/α,β-unsaturated/α-hetero) is 1. The van der Waals surface area contributed by atoms with Gasteiger partial charge in [-0.1, -0.05) is 12.1 Å². The second kappa shape index (κ2) is 7.08. The zero-order chi connectivity index (χ0) is 19.7. The lowest BCUT2D eigenvalue weighted by atomic mass is 10.1. The molecule has 0 saturated carbocycles. The fourth-order valence-electron chi connectivity index (χ4n) is 2.98. The second-order valence-corrected chi connectivity index (χ2v) is 6.20. The highest BCUT2D eigenvalue weighted by molar-refractivity contribution is 6.34. The summed E-state index contributed by atoms with van der Waals surface area (Å²) in [5.41, 5.74) is 1.52. The number of carbonyl (C=O) groups excluding carboxylic acids is 3. The average molecular weight is 375 g/mol. The van der Waals surface area contributed by atoms with Crippen LogP contribution in [0.4, 0.5) is 10.1 Å². The number of carbonyl (C=O) groups is 3. The first-order valence-electron chi connectivity index (χ1n) is 8.54. The molecule has 3 aromatic carbocycles. The Labute approximate surface area is 160 Å². The molecular weight excluding hydrogens is 361 g/mol. The van der Waals surface area contributed by atoms with Gasteiger partial charge in [0, 0.05) is 5.56 Å². The highest BCUT2D eigenvalue weighted by Crippen LogP contribution is 2.29. The van der Waals surface area contributed by atoms with E-state index in [4.69, 9.17) is 4.74 Å². The molecule has 0 aromatic heterocycles. The van der Waals surface area contributed by atoms with E-state index in [0.717, 1.165) is 4.90 Å². The lowest BCUT2D eigenvalue weighted by Gasteiger charge is -2.14. The molecule has 1 aliphatic rings. The van der Waals surface area contributed by atoms with Crippen LogP contribution in [-0.2, 0) is 0 Å². The Morgan fingerprint density at radius 1 is 0.821 bits per heavy atom. The molecule has 6 heteroatoms. The van der Waals surface area contributed by atoms with Crippen molar-refractivity contribution in [1.82, 2.24) is 0 Å². The van der Waals surface area contributed by atoms with Crippen LogP contribution in [0.25, 0.3) is 0 Å². The van der Waals surface area contributed by atoms with Crippen molar-refractivity contribution in [3.63, 3.8) is 0 Å². The molecule has 2 amide bonds. The number of imide groups is 1. The second-order valence-electron chi connectivity index (χ2n) is 6.20. The van der Waals surface area contributed by atoms with Gasteiger partial charge in [-0.05, 0) is 60.7 Å². The third-order valence-electron chi connectivity index (χ3n) is 4.43. The number of hydrogen-bond donors (Lipinski definition) is 0. The quantitative estimate of drug-likeness (QED) is 0.501. The number of nitrogens with zero attached hydrogens (tertiary/aromatic N) is 1. The van der Waals surface area contributed by atoms with Crippen LogP contribution < -0.4 is 9.64 Å². The molecule has 28 heavy (non-hydrogen) atoms. The van der Waals surface area contributed by atoms with Crippen LogP contribution in [0.15, 0.2) is 72.8 Å². The molecule has 0 bridgehead atoms. The van der Waals surface area contributed by atoms with Gasteiger partial charge in [0.2, 0.25) is 0 Å². The third kappa shape index (κ3) is 3.16. The van der Waals surface area contributed by atoms with Gasteiger partial charge in [-0.3, -0.25) is 14.4 Å². The van der Waals surface area contributed by atoms with Gasteiger partial charge in [0.15, 0.2) is 12.4 Å². The molecule has 1 heterocycles. The first kappa shape index (κ1) is 17.6. The van der Waals surface area contributed by atoms with Crippen molar-refractivity contribution in [2.45, 2.75) is 0 Å². The predicted molar refractivity (Wildman–Crippen MR) is 100 cm³/mol. The van der Waals surface area contributed by atoms with Crippen LogP contribution in [0.3, 0.4) is 0 Å². The molecule has 5 nitrogen and oxygen atoms in total. The summed E-state index contributed by atoms with van der Waals surface area (Å²) in [6, 6.07) is 18.2. The molecule has 0 N–H and O–H groups in total. The van der Waals surface area contributed by atoms with Crippen molar-refractivity contribution in [1.29, 1.82) is 0 Å². The van der Waals surface area contributed by atoms with Crippen LogP contribution in [0.2, 0.25) is 0 Å². The third-order valence-corrected chi connectivity index (χ3v) is 4.43. The fraction of sp³-hybridized carbons (Fsp3) is 0.0455. The number of amides is 2. The fourth-order valence-corrected chi connectivity index (χ4v) is 2.98. The summed E-state index contributed by atoms with van der Waals surface area (Å²) in [5.74, 6) is -1.04. The van der Waals surface area contributed by atoms with Crippen LogP contribution in [0, 0.1) is 5.82 Å². The topological polar surface area (TPSA) is 63.7 Å². The standard InChI is InChI=1S/C22H14FNO4/c23-15-7-5-14(6-8-15)20(25)13-28-17-11-9-16(10-12-17)24-21(26)18-3-1-2-4-19(18)22(24)27/h1-12H,13H2. The van der Waals surface area contributed by atoms with E-state index in [2.05, 4.69) is 0 Å². The summed E-state index contributed by atoms with van der Waals surface area (Å²) in [6.45, 7) is -0.210. The summed E-state index contributed by atoms with van der Waals surface area (Å²) < 4.78 is 18.4. The Bertz CT molecular complexity index is 1040. The Balaban J connectivity index is 1.45. The number of ether oxygens (including phenoxy) is 1. The van der Waals surface area contributed by atoms with Gasteiger partial charge >= 0.3 is 0 Å². The smallest absolute Gasteiger partial charge is 0.266 e. The van der Waals surface area contributed by atoms with E-state index in [9.17, 15) is 18.8 Å². The number of hydrogen-bond acceptors (Lipinski definition) is 4. The van der Waals surface area contributed by atoms with Gasteiger partial charge < -0.3 is 4.74 Å². The summed E-state index contributed by atoms with van der Waals surface area (Å²) in [6.07, 6.45) is 0. The maximum absolute atomic E-state index is 12.9. The molecular formula is C22H14FNO4. The summed E-state index contributed by atoms with van der Waals surface area (Å²) in [5, 5.41) is 0. The van der Waals surface area contributed by atoms with Gasteiger partial charge in [-0.25, -0.2) is 9.29 Å². The van der Waals surface area contributed by atoms with Crippen molar-refractivity contribution < 1.29 is 23.5 Å². The minimum absolute atomic E-state index is 0.210. The number of ketones is 1. The molecule has 0 spiro atoms. The molecule has 0 radical (unpaired) electrons. The van der Waals surface area contributed by atoms with E-state index in [1.165, 1.54) is 24.3 Å².